The minimum atomic E-state index is -3.20. The Bertz CT molecular complexity index is 291. The molecule has 0 saturated heterocycles. The molecule has 0 aromatic rings. The minimum absolute atomic E-state index is 0.298. The van der Waals surface area contributed by atoms with Crippen LogP contribution in [0, 0.1) is 0 Å². The first kappa shape index (κ1) is 16.8. The molecular weight excluding hydrogens is 240 g/mol. The standard InChI is InChI=1S/C11H26N2O3S/c1-10(2)12-9-11(3)17(14,15)13(4)7-6-8-16-5/h10-12H,6-9H2,1-5H3. The highest BCUT2D eigenvalue weighted by atomic mass is 32.2. The lowest BCUT2D eigenvalue weighted by Gasteiger charge is -2.22. The Morgan fingerprint density at radius 2 is 1.88 bits per heavy atom. The van der Waals surface area contributed by atoms with Crippen LogP contribution in [0.15, 0.2) is 0 Å². The van der Waals surface area contributed by atoms with Gasteiger partial charge in [0.25, 0.3) is 0 Å². The topological polar surface area (TPSA) is 58.6 Å². The maximum absolute atomic E-state index is 12.1. The van der Waals surface area contributed by atoms with Crippen molar-refractivity contribution in [3.05, 3.63) is 0 Å². The molecule has 0 heterocycles. The molecule has 1 unspecified atom stereocenters. The van der Waals surface area contributed by atoms with Gasteiger partial charge in [0.15, 0.2) is 0 Å². The van der Waals surface area contributed by atoms with Gasteiger partial charge in [0, 0.05) is 39.9 Å². The van der Waals surface area contributed by atoms with Crippen LogP contribution in [0.2, 0.25) is 0 Å². The van der Waals surface area contributed by atoms with Crippen molar-refractivity contribution < 1.29 is 13.2 Å². The molecule has 17 heavy (non-hydrogen) atoms. The summed E-state index contributed by atoms with van der Waals surface area (Å²) in [5.41, 5.74) is 0. The van der Waals surface area contributed by atoms with E-state index < -0.39 is 15.3 Å². The molecule has 0 saturated carbocycles. The van der Waals surface area contributed by atoms with Crippen LogP contribution in [0.4, 0.5) is 0 Å². The number of rotatable bonds is 9. The predicted molar refractivity (Wildman–Crippen MR) is 70.6 cm³/mol. The Morgan fingerprint density at radius 1 is 1.29 bits per heavy atom. The van der Waals surface area contributed by atoms with Gasteiger partial charge in [-0.15, -0.1) is 0 Å². The van der Waals surface area contributed by atoms with E-state index in [1.54, 1.807) is 21.1 Å². The van der Waals surface area contributed by atoms with Gasteiger partial charge >= 0.3 is 0 Å². The summed E-state index contributed by atoms with van der Waals surface area (Å²) < 4.78 is 30.5. The molecule has 0 aliphatic heterocycles. The third kappa shape index (κ3) is 6.35. The number of ether oxygens (including phenoxy) is 1. The second-order valence-corrected chi connectivity index (χ2v) is 7.04. The SMILES string of the molecule is COCCCN(C)S(=O)(=O)C(C)CNC(C)C. The van der Waals surface area contributed by atoms with Crippen molar-refractivity contribution in [2.24, 2.45) is 0 Å². The average molecular weight is 266 g/mol. The van der Waals surface area contributed by atoms with Crippen molar-refractivity contribution in [2.45, 2.75) is 38.5 Å². The van der Waals surface area contributed by atoms with Crippen LogP contribution < -0.4 is 5.32 Å². The van der Waals surface area contributed by atoms with Gasteiger partial charge in [0.2, 0.25) is 10.0 Å². The van der Waals surface area contributed by atoms with E-state index in [4.69, 9.17) is 4.74 Å². The van der Waals surface area contributed by atoms with Crippen LogP contribution in [0.5, 0.6) is 0 Å². The molecule has 1 atom stereocenters. The summed E-state index contributed by atoms with van der Waals surface area (Å²) in [5, 5.41) is 2.74. The summed E-state index contributed by atoms with van der Waals surface area (Å²) in [4.78, 5) is 0. The summed E-state index contributed by atoms with van der Waals surface area (Å²) >= 11 is 0. The zero-order valence-corrected chi connectivity index (χ0v) is 12.4. The fraction of sp³-hybridized carbons (Fsp3) is 1.00. The van der Waals surface area contributed by atoms with Crippen LogP contribution in [0.1, 0.15) is 27.2 Å². The molecule has 0 aromatic carbocycles. The van der Waals surface area contributed by atoms with Crippen molar-refractivity contribution >= 4 is 10.0 Å². The first-order valence-corrected chi connectivity index (χ1v) is 7.50. The quantitative estimate of drug-likeness (QED) is 0.623. The first-order valence-electron chi connectivity index (χ1n) is 5.99. The van der Waals surface area contributed by atoms with Gasteiger partial charge in [-0.3, -0.25) is 0 Å². The highest BCUT2D eigenvalue weighted by Crippen LogP contribution is 2.07. The molecule has 0 radical (unpaired) electrons. The minimum Gasteiger partial charge on any atom is -0.385 e. The van der Waals surface area contributed by atoms with Crippen LogP contribution in [-0.2, 0) is 14.8 Å². The second kappa shape index (κ2) is 8.02. The van der Waals surface area contributed by atoms with Crippen LogP contribution in [-0.4, -0.2) is 57.9 Å². The third-order valence-corrected chi connectivity index (χ3v) is 4.81. The second-order valence-electron chi connectivity index (χ2n) is 4.59. The van der Waals surface area contributed by atoms with Crippen molar-refractivity contribution in [1.29, 1.82) is 0 Å². The molecule has 104 valence electrons. The summed E-state index contributed by atoms with van der Waals surface area (Å²) in [5.74, 6) is 0. The van der Waals surface area contributed by atoms with Gasteiger partial charge < -0.3 is 10.1 Å². The van der Waals surface area contributed by atoms with E-state index in [0.717, 1.165) is 6.42 Å². The van der Waals surface area contributed by atoms with Crippen molar-refractivity contribution in [2.75, 3.05) is 33.9 Å². The van der Waals surface area contributed by atoms with Gasteiger partial charge in [0.1, 0.15) is 0 Å². The van der Waals surface area contributed by atoms with E-state index in [0.29, 0.717) is 25.7 Å². The number of nitrogens with zero attached hydrogens (tertiary/aromatic N) is 1. The number of nitrogens with one attached hydrogen (secondary N) is 1. The maximum atomic E-state index is 12.1. The normalized spacial score (nSPS) is 14.5. The van der Waals surface area contributed by atoms with E-state index in [-0.39, 0.29) is 0 Å². The summed E-state index contributed by atoms with van der Waals surface area (Å²) in [6.45, 7) is 7.30. The monoisotopic (exact) mass is 266 g/mol. The fourth-order valence-electron chi connectivity index (χ4n) is 1.37. The molecule has 0 aromatic heterocycles. The molecule has 0 spiro atoms. The predicted octanol–water partition coefficient (Wildman–Crippen LogP) is 0.671. The molecular formula is C11H26N2O3S. The smallest absolute Gasteiger partial charge is 0.217 e. The van der Waals surface area contributed by atoms with Crippen molar-refractivity contribution in [1.82, 2.24) is 9.62 Å². The molecule has 0 fully saturated rings. The molecule has 6 heteroatoms. The maximum Gasteiger partial charge on any atom is 0.217 e. The number of methoxy groups -OCH3 is 1. The van der Waals surface area contributed by atoms with Gasteiger partial charge in [-0.1, -0.05) is 13.8 Å². The number of hydrogen-bond donors (Lipinski definition) is 1. The lowest BCUT2D eigenvalue weighted by Crippen LogP contribution is -2.42. The number of hydrogen-bond acceptors (Lipinski definition) is 4. The van der Waals surface area contributed by atoms with E-state index in [2.05, 4.69) is 5.32 Å². The molecule has 0 aliphatic rings. The van der Waals surface area contributed by atoms with Crippen LogP contribution in [0.25, 0.3) is 0 Å². The molecule has 0 rings (SSSR count). The van der Waals surface area contributed by atoms with Crippen LogP contribution in [0.3, 0.4) is 0 Å². The van der Waals surface area contributed by atoms with E-state index >= 15 is 0 Å². The fourth-order valence-corrected chi connectivity index (χ4v) is 2.68. The van der Waals surface area contributed by atoms with Gasteiger partial charge in [-0.25, -0.2) is 12.7 Å². The first-order chi connectivity index (χ1) is 7.82. The van der Waals surface area contributed by atoms with E-state index in [1.807, 2.05) is 13.8 Å². The van der Waals surface area contributed by atoms with Gasteiger partial charge in [-0.2, -0.15) is 0 Å². The van der Waals surface area contributed by atoms with Crippen LogP contribution >= 0.6 is 0 Å². The zero-order valence-electron chi connectivity index (χ0n) is 11.6. The zero-order chi connectivity index (χ0) is 13.5. The Hall–Kier alpha value is -0.170. The van der Waals surface area contributed by atoms with E-state index in [9.17, 15) is 8.42 Å². The van der Waals surface area contributed by atoms with Gasteiger partial charge in [0.05, 0.1) is 5.25 Å². The average Bonchev–Trinajstić information content (AvgIpc) is 2.25. The highest BCUT2D eigenvalue weighted by Gasteiger charge is 2.25. The summed E-state index contributed by atoms with van der Waals surface area (Å²) in [6.07, 6.45) is 0.719. The molecule has 1 N–H and O–H groups in total. The Morgan fingerprint density at radius 3 is 2.35 bits per heavy atom. The molecule has 0 aliphatic carbocycles. The molecule has 5 nitrogen and oxygen atoms in total. The Balaban J connectivity index is 4.23. The largest absolute Gasteiger partial charge is 0.385 e. The third-order valence-electron chi connectivity index (χ3n) is 2.58. The number of sulfonamides is 1. The summed E-state index contributed by atoms with van der Waals surface area (Å²) in [7, 11) is 0.0368. The van der Waals surface area contributed by atoms with Crippen molar-refractivity contribution in [3.63, 3.8) is 0 Å². The summed E-state index contributed by atoms with van der Waals surface area (Å²) in [6, 6.07) is 0.298. The lowest BCUT2D eigenvalue weighted by atomic mass is 10.3. The molecule has 0 bridgehead atoms. The lowest BCUT2D eigenvalue weighted by molar-refractivity contribution is 0.189. The highest BCUT2D eigenvalue weighted by molar-refractivity contribution is 7.89. The van der Waals surface area contributed by atoms with E-state index in [1.165, 1.54) is 4.31 Å². The van der Waals surface area contributed by atoms with Crippen molar-refractivity contribution in [3.8, 4) is 0 Å². The Labute approximate surface area is 106 Å². The molecule has 0 amide bonds. The van der Waals surface area contributed by atoms with Gasteiger partial charge in [-0.05, 0) is 13.3 Å². The Kier molecular flexibility index (Phi) is 7.94.